The molecule has 0 spiro atoms. The first-order valence-corrected chi connectivity index (χ1v) is 7.51. The molecule has 1 fully saturated rings. The lowest BCUT2D eigenvalue weighted by atomic mass is 10.0. The molecule has 0 aromatic carbocycles. The van der Waals surface area contributed by atoms with E-state index in [4.69, 9.17) is 0 Å². The minimum atomic E-state index is -0.244. The summed E-state index contributed by atoms with van der Waals surface area (Å²) in [5.74, 6) is -0.0665. The number of nitrogens with zero attached hydrogens (tertiary/aromatic N) is 2. The van der Waals surface area contributed by atoms with Gasteiger partial charge in [0, 0.05) is 24.5 Å². The molecule has 5 nitrogen and oxygen atoms in total. The third-order valence-corrected chi connectivity index (χ3v) is 3.93. The van der Waals surface area contributed by atoms with Crippen LogP contribution in [0, 0.1) is 0 Å². The van der Waals surface area contributed by atoms with Crippen molar-refractivity contribution in [2.45, 2.75) is 32.2 Å². The van der Waals surface area contributed by atoms with E-state index in [0.717, 1.165) is 30.7 Å². The summed E-state index contributed by atoms with van der Waals surface area (Å²) in [6.07, 6.45) is 5.99. The smallest absolute Gasteiger partial charge is 0.253 e. The lowest BCUT2D eigenvalue weighted by molar-refractivity contribution is 0.0893. The lowest BCUT2D eigenvalue weighted by Crippen LogP contribution is -2.51. The quantitative estimate of drug-likeness (QED) is 0.905. The van der Waals surface area contributed by atoms with Crippen LogP contribution in [0.5, 0.6) is 0 Å². The van der Waals surface area contributed by atoms with E-state index in [1.165, 1.54) is 12.8 Å². The van der Waals surface area contributed by atoms with E-state index in [0.29, 0.717) is 5.56 Å². The Morgan fingerprint density at radius 2 is 2.19 bits per heavy atom. The normalized spacial score (nSPS) is 16.5. The molecule has 1 aliphatic heterocycles. The number of carbonyl (C=O) groups is 1. The van der Waals surface area contributed by atoms with Crippen LogP contribution in [0.15, 0.2) is 24.5 Å². The van der Waals surface area contributed by atoms with Gasteiger partial charge < -0.3 is 15.2 Å². The number of H-pyrrole nitrogens is 1. The molecule has 1 amide bonds. The largest absolute Gasteiger partial charge is 0.360 e. The second kappa shape index (κ2) is 5.48. The number of fused-ring (bicyclic) bond motifs is 1. The lowest BCUT2D eigenvalue weighted by Gasteiger charge is -2.31. The minimum absolute atomic E-state index is 0.0665. The second-order valence-corrected chi connectivity index (χ2v) is 6.46. The number of hydrogen-bond acceptors (Lipinski definition) is 3. The van der Waals surface area contributed by atoms with Gasteiger partial charge >= 0.3 is 0 Å². The van der Waals surface area contributed by atoms with Crippen LogP contribution >= 0.6 is 0 Å². The molecule has 0 radical (unpaired) electrons. The van der Waals surface area contributed by atoms with Crippen molar-refractivity contribution in [3.05, 3.63) is 30.1 Å². The number of rotatable bonds is 4. The fourth-order valence-electron chi connectivity index (χ4n) is 2.98. The molecule has 21 heavy (non-hydrogen) atoms. The molecule has 0 bridgehead atoms. The number of pyridine rings is 1. The Hall–Kier alpha value is -1.88. The van der Waals surface area contributed by atoms with Crippen LogP contribution in [0.4, 0.5) is 0 Å². The number of amides is 1. The molecule has 2 N–H and O–H groups in total. The van der Waals surface area contributed by atoms with Gasteiger partial charge in [-0.15, -0.1) is 0 Å². The number of likely N-dealkylation sites (tertiary alicyclic amines) is 1. The highest BCUT2D eigenvalue weighted by Crippen LogP contribution is 2.15. The van der Waals surface area contributed by atoms with E-state index in [2.05, 4.69) is 34.0 Å². The molecule has 5 heteroatoms. The zero-order valence-electron chi connectivity index (χ0n) is 12.6. The van der Waals surface area contributed by atoms with Crippen LogP contribution in [0.1, 0.15) is 37.0 Å². The molecule has 0 saturated carbocycles. The summed E-state index contributed by atoms with van der Waals surface area (Å²) in [4.78, 5) is 22.2. The van der Waals surface area contributed by atoms with Gasteiger partial charge in [0.25, 0.3) is 5.91 Å². The van der Waals surface area contributed by atoms with E-state index < -0.39 is 0 Å². The zero-order valence-corrected chi connectivity index (χ0v) is 12.6. The molecule has 0 atom stereocenters. The third-order valence-electron chi connectivity index (χ3n) is 3.93. The SMILES string of the molecule is CC(C)(CN1CCCC1)NC(=O)c1cnc2cc[nH]c2c1. The first-order valence-electron chi connectivity index (χ1n) is 7.51. The Bertz CT molecular complexity index is 641. The monoisotopic (exact) mass is 286 g/mol. The molecule has 0 aliphatic carbocycles. The number of aromatic nitrogens is 2. The molecular formula is C16H22N4O. The fourth-order valence-corrected chi connectivity index (χ4v) is 2.98. The van der Waals surface area contributed by atoms with Crippen LogP contribution in [-0.4, -0.2) is 45.9 Å². The Morgan fingerprint density at radius 3 is 2.95 bits per heavy atom. The van der Waals surface area contributed by atoms with Gasteiger partial charge in [0.05, 0.1) is 16.6 Å². The van der Waals surface area contributed by atoms with Crippen LogP contribution in [-0.2, 0) is 0 Å². The topological polar surface area (TPSA) is 61.0 Å². The number of carbonyl (C=O) groups excluding carboxylic acids is 1. The number of aromatic amines is 1. The van der Waals surface area contributed by atoms with Gasteiger partial charge in [-0.05, 0) is 51.9 Å². The zero-order chi connectivity index (χ0) is 14.9. The molecule has 1 aliphatic rings. The first-order chi connectivity index (χ1) is 10.0. The molecule has 3 heterocycles. The van der Waals surface area contributed by atoms with Gasteiger partial charge in [-0.2, -0.15) is 0 Å². The van der Waals surface area contributed by atoms with E-state index in [1.807, 2.05) is 18.3 Å². The van der Waals surface area contributed by atoms with Crippen molar-refractivity contribution in [3.8, 4) is 0 Å². The highest BCUT2D eigenvalue weighted by Gasteiger charge is 2.26. The maximum Gasteiger partial charge on any atom is 0.253 e. The highest BCUT2D eigenvalue weighted by molar-refractivity contribution is 5.97. The Morgan fingerprint density at radius 1 is 1.43 bits per heavy atom. The molecule has 0 unspecified atom stereocenters. The van der Waals surface area contributed by atoms with Gasteiger partial charge in [-0.25, -0.2) is 0 Å². The average molecular weight is 286 g/mol. The minimum Gasteiger partial charge on any atom is -0.360 e. The van der Waals surface area contributed by atoms with Crippen LogP contribution in [0.2, 0.25) is 0 Å². The maximum absolute atomic E-state index is 12.4. The van der Waals surface area contributed by atoms with Gasteiger partial charge in [0.1, 0.15) is 0 Å². The summed E-state index contributed by atoms with van der Waals surface area (Å²) >= 11 is 0. The summed E-state index contributed by atoms with van der Waals surface area (Å²) in [6.45, 7) is 7.30. The van der Waals surface area contributed by atoms with E-state index in [1.54, 1.807) is 6.20 Å². The van der Waals surface area contributed by atoms with Gasteiger partial charge in [0.2, 0.25) is 0 Å². The van der Waals surface area contributed by atoms with E-state index >= 15 is 0 Å². The summed E-state index contributed by atoms with van der Waals surface area (Å²) in [7, 11) is 0. The van der Waals surface area contributed by atoms with Crippen molar-refractivity contribution >= 4 is 16.9 Å². The molecule has 112 valence electrons. The number of hydrogen-bond donors (Lipinski definition) is 2. The van der Waals surface area contributed by atoms with E-state index in [9.17, 15) is 4.79 Å². The van der Waals surface area contributed by atoms with Crippen molar-refractivity contribution in [2.75, 3.05) is 19.6 Å². The van der Waals surface area contributed by atoms with Crippen LogP contribution in [0.3, 0.4) is 0 Å². The Balaban J connectivity index is 1.69. The summed E-state index contributed by atoms with van der Waals surface area (Å²) in [6, 6.07) is 3.75. The molecule has 1 saturated heterocycles. The average Bonchev–Trinajstić information content (AvgIpc) is 3.07. The van der Waals surface area contributed by atoms with Crippen molar-refractivity contribution in [1.82, 2.24) is 20.2 Å². The highest BCUT2D eigenvalue weighted by atomic mass is 16.1. The third kappa shape index (κ3) is 3.24. The predicted molar refractivity (Wildman–Crippen MR) is 83.3 cm³/mol. The van der Waals surface area contributed by atoms with Gasteiger partial charge in [0.15, 0.2) is 0 Å². The molecule has 2 aromatic heterocycles. The van der Waals surface area contributed by atoms with Crippen molar-refractivity contribution in [3.63, 3.8) is 0 Å². The molecule has 2 aromatic rings. The maximum atomic E-state index is 12.4. The Kier molecular flexibility index (Phi) is 3.68. The first kappa shape index (κ1) is 14.1. The summed E-state index contributed by atoms with van der Waals surface area (Å²) in [5, 5.41) is 3.12. The standard InChI is InChI=1S/C16H22N4O/c1-16(2,11-20-7-3-4-8-20)19-15(21)12-9-14-13(18-10-12)5-6-17-14/h5-6,9-10,17H,3-4,7-8,11H2,1-2H3,(H,19,21). The molecule has 3 rings (SSSR count). The van der Waals surface area contributed by atoms with Crippen LogP contribution in [0.25, 0.3) is 11.0 Å². The van der Waals surface area contributed by atoms with E-state index in [-0.39, 0.29) is 11.4 Å². The van der Waals surface area contributed by atoms with Crippen molar-refractivity contribution in [2.24, 2.45) is 0 Å². The van der Waals surface area contributed by atoms with Crippen molar-refractivity contribution < 1.29 is 4.79 Å². The van der Waals surface area contributed by atoms with Crippen molar-refractivity contribution in [1.29, 1.82) is 0 Å². The van der Waals surface area contributed by atoms with Gasteiger partial charge in [-0.3, -0.25) is 9.78 Å². The molecular weight excluding hydrogens is 264 g/mol. The Labute approximate surface area is 124 Å². The fraction of sp³-hybridized carbons (Fsp3) is 0.500. The van der Waals surface area contributed by atoms with Crippen LogP contribution < -0.4 is 5.32 Å². The summed E-state index contributed by atoms with van der Waals surface area (Å²) in [5.41, 5.74) is 2.12. The predicted octanol–water partition coefficient (Wildman–Crippen LogP) is 2.17. The number of nitrogens with one attached hydrogen (secondary N) is 2. The second-order valence-electron chi connectivity index (χ2n) is 6.46. The summed E-state index contributed by atoms with van der Waals surface area (Å²) < 4.78 is 0. The van der Waals surface area contributed by atoms with Gasteiger partial charge in [-0.1, -0.05) is 0 Å².